The summed E-state index contributed by atoms with van der Waals surface area (Å²) in [6.07, 6.45) is 3.56. The number of hydrogen-bond donors (Lipinski definition) is 2. The molecule has 1 unspecified atom stereocenters. The molecule has 1 aliphatic rings. The fourth-order valence-corrected chi connectivity index (χ4v) is 2.69. The minimum absolute atomic E-state index is 0.210. The molecular formula is C19H15N3O3. The lowest BCUT2D eigenvalue weighted by Gasteiger charge is -2.11. The molecule has 0 saturated heterocycles. The first-order valence-electron chi connectivity index (χ1n) is 7.78. The molecule has 124 valence electrons. The molecule has 1 aliphatic heterocycles. The Morgan fingerprint density at radius 3 is 2.56 bits per heavy atom. The van der Waals surface area contributed by atoms with Crippen molar-refractivity contribution in [2.45, 2.75) is 6.23 Å². The predicted molar refractivity (Wildman–Crippen MR) is 92.7 cm³/mol. The molecule has 2 N–H and O–H groups in total. The zero-order chi connectivity index (χ0) is 17.2. The summed E-state index contributed by atoms with van der Waals surface area (Å²) < 4.78 is 2.02. The van der Waals surface area contributed by atoms with Crippen molar-refractivity contribution in [3.63, 3.8) is 0 Å². The number of carbonyl (C=O) groups is 1. The van der Waals surface area contributed by atoms with Crippen molar-refractivity contribution >= 4 is 11.8 Å². The number of carboxylic acid groups (broad SMARTS) is 1. The van der Waals surface area contributed by atoms with Crippen molar-refractivity contribution in [1.82, 2.24) is 9.88 Å². The first-order valence-corrected chi connectivity index (χ1v) is 7.78. The molecule has 0 radical (unpaired) electrons. The Balaban J connectivity index is 1.50. The van der Waals surface area contributed by atoms with Crippen molar-refractivity contribution < 1.29 is 14.7 Å². The van der Waals surface area contributed by atoms with E-state index in [1.165, 1.54) is 0 Å². The maximum absolute atomic E-state index is 11.1. The molecule has 1 aromatic heterocycles. The number of aromatic nitrogens is 1. The first kappa shape index (κ1) is 15.0. The summed E-state index contributed by atoms with van der Waals surface area (Å²) in [6.45, 7) is 0. The van der Waals surface area contributed by atoms with Gasteiger partial charge in [0, 0.05) is 29.2 Å². The lowest BCUT2D eigenvalue weighted by atomic mass is 10.1. The summed E-state index contributed by atoms with van der Waals surface area (Å²) >= 11 is 0. The van der Waals surface area contributed by atoms with E-state index in [2.05, 4.69) is 10.5 Å². The Kier molecular flexibility index (Phi) is 3.70. The second kappa shape index (κ2) is 6.16. The second-order valence-corrected chi connectivity index (χ2v) is 5.64. The largest absolute Gasteiger partial charge is 0.478 e. The van der Waals surface area contributed by atoms with Gasteiger partial charge in [-0.05, 0) is 36.4 Å². The maximum Gasteiger partial charge on any atom is 0.335 e. The van der Waals surface area contributed by atoms with Crippen LogP contribution in [0.15, 0.2) is 78.2 Å². The highest BCUT2D eigenvalue weighted by Gasteiger charge is 2.23. The third-order valence-corrected chi connectivity index (χ3v) is 4.00. The summed E-state index contributed by atoms with van der Waals surface area (Å²) in [4.78, 5) is 16.5. The van der Waals surface area contributed by atoms with Gasteiger partial charge in [0.05, 0.1) is 5.56 Å². The quantitative estimate of drug-likeness (QED) is 0.769. The molecule has 4 rings (SSSR count). The van der Waals surface area contributed by atoms with Gasteiger partial charge in [-0.15, -0.1) is 0 Å². The number of nitrogens with one attached hydrogen (secondary N) is 1. The molecule has 2 aromatic carbocycles. The number of oxime groups is 1. The van der Waals surface area contributed by atoms with Crippen LogP contribution in [0.3, 0.4) is 0 Å². The molecular weight excluding hydrogens is 318 g/mol. The molecule has 6 nitrogen and oxygen atoms in total. The van der Waals surface area contributed by atoms with Crippen molar-refractivity contribution in [1.29, 1.82) is 0 Å². The Labute approximate surface area is 144 Å². The number of amidine groups is 1. The summed E-state index contributed by atoms with van der Waals surface area (Å²) in [5.41, 5.74) is 2.87. The van der Waals surface area contributed by atoms with E-state index in [1.807, 2.05) is 53.4 Å². The van der Waals surface area contributed by atoms with Crippen molar-refractivity contribution in [3.8, 4) is 5.69 Å². The molecule has 3 aromatic rings. The van der Waals surface area contributed by atoms with Gasteiger partial charge in [-0.2, -0.15) is 0 Å². The Morgan fingerprint density at radius 1 is 1.08 bits per heavy atom. The molecule has 0 amide bonds. The summed E-state index contributed by atoms with van der Waals surface area (Å²) in [6, 6.07) is 18.5. The van der Waals surface area contributed by atoms with E-state index in [4.69, 9.17) is 9.94 Å². The van der Waals surface area contributed by atoms with Crippen LogP contribution in [0.5, 0.6) is 0 Å². The highest BCUT2D eigenvalue weighted by Crippen LogP contribution is 2.22. The third kappa shape index (κ3) is 2.97. The summed E-state index contributed by atoms with van der Waals surface area (Å²) in [5.74, 6) is -0.457. The minimum Gasteiger partial charge on any atom is -0.478 e. The molecule has 1 atom stereocenters. The van der Waals surface area contributed by atoms with Crippen molar-refractivity contribution in [2.24, 2.45) is 5.16 Å². The smallest absolute Gasteiger partial charge is 0.335 e. The third-order valence-electron chi connectivity index (χ3n) is 4.00. The van der Waals surface area contributed by atoms with E-state index in [0.717, 1.165) is 11.3 Å². The van der Waals surface area contributed by atoms with Crippen LogP contribution >= 0.6 is 0 Å². The normalized spacial score (nSPS) is 16.0. The topological polar surface area (TPSA) is 75.8 Å². The number of nitrogens with zero attached hydrogens (tertiary/aromatic N) is 2. The Morgan fingerprint density at radius 2 is 1.84 bits per heavy atom. The average molecular weight is 333 g/mol. The molecule has 0 spiro atoms. The first-order chi connectivity index (χ1) is 12.2. The number of carboxylic acids is 1. The van der Waals surface area contributed by atoms with Crippen LogP contribution in [0.4, 0.5) is 0 Å². The van der Waals surface area contributed by atoms with Gasteiger partial charge in [0.2, 0.25) is 6.23 Å². The van der Waals surface area contributed by atoms with Crippen LogP contribution in [-0.4, -0.2) is 21.5 Å². The Bertz CT molecular complexity index is 931. The summed E-state index contributed by atoms with van der Waals surface area (Å²) in [7, 11) is 0. The fourth-order valence-electron chi connectivity index (χ4n) is 2.69. The van der Waals surface area contributed by atoms with Gasteiger partial charge < -0.3 is 19.8 Å². The van der Waals surface area contributed by atoms with E-state index in [0.29, 0.717) is 11.4 Å². The number of aromatic carboxylic acids is 1. The molecule has 0 bridgehead atoms. The van der Waals surface area contributed by atoms with Crippen LogP contribution in [-0.2, 0) is 4.84 Å². The lowest BCUT2D eigenvalue weighted by molar-refractivity contribution is 0.0696. The molecule has 2 heterocycles. The Hall–Kier alpha value is -3.54. The van der Waals surface area contributed by atoms with Crippen molar-refractivity contribution in [2.75, 3.05) is 0 Å². The maximum atomic E-state index is 11.1. The van der Waals surface area contributed by atoms with E-state index in [-0.39, 0.29) is 5.56 Å². The number of benzene rings is 2. The fraction of sp³-hybridized carbons (Fsp3) is 0.0526. The zero-order valence-electron chi connectivity index (χ0n) is 13.2. The van der Waals surface area contributed by atoms with Crippen LogP contribution in [0.1, 0.15) is 27.7 Å². The van der Waals surface area contributed by atoms with Gasteiger partial charge in [-0.3, -0.25) is 0 Å². The van der Waals surface area contributed by atoms with Crippen LogP contribution < -0.4 is 5.32 Å². The van der Waals surface area contributed by atoms with Crippen LogP contribution in [0.25, 0.3) is 5.69 Å². The van der Waals surface area contributed by atoms with Crippen molar-refractivity contribution in [3.05, 3.63) is 89.7 Å². The van der Waals surface area contributed by atoms with E-state index >= 15 is 0 Å². The van der Waals surface area contributed by atoms with Gasteiger partial charge in [0.25, 0.3) is 0 Å². The number of rotatable bonds is 4. The van der Waals surface area contributed by atoms with Crippen LogP contribution in [0, 0.1) is 0 Å². The second-order valence-electron chi connectivity index (χ2n) is 5.64. The average Bonchev–Trinajstić information content (AvgIpc) is 3.34. The lowest BCUT2D eigenvalue weighted by Crippen LogP contribution is -2.23. The molecule has 0 saturated carbocycles. The molecule has 0 fully saturated rings. The minimum atomic E-state index is -0.974. The van der Waals surface area contributed by atoms with Gasteiger partial charge in [0.15, 0.2) is 5.84 Å². The molecule has 6 heteroatoms. The van der Waals surface area contributed by atoms with Gasteiger partial charge >= 0.3 is 5.97 Å². The van der Waals surface area contributed by atoms with Gasteiger partial charge in [0.1, 0.15) is 0 Å². The van der Waals surface area contributed by atoms with E-state index < -0.39 is 12.2 Å². The summed E-state index contributed by atoms with van der Waals surface area (Å²) in [5, 5.41) is 16.3. The van der Waals surface area contributed by atoms with Gasteiger partial charge in [-0.1, -0.05) is 29.4 Å². The zero-order valence-corrected chi connectivity index (χ0v) is 13.2. The van der Waals surface area contributed by atoms with Crippen LogP contribution in [0.2, 0.25) is 0 Å². The predicted octanol–water partition coefficient (Wildman–Crippen LogP) is 3.16. The highest BCUT2D eigenvalue weighted by atomic mass is 16.7. The SMILES string of the molecule is O=C(O)c1cccc(C2=NOC(c3ccc(-n4cccc4)cc3)N2)c1. The van der Waals surface area contributed by atoms with E-state index in [9.17, 15) is 4.79 Å². The molecule has 0 aliphatic carbocycles. The monoisotopic (exact) mass is 333 g/mol. The highest BCUT2D eigenvalue weighted by molar-refractivity contribution is 6.01. The standard InChI is InChI=1S/C19H15N3O3/c23-19(24)15-5-3-4-14(12-15)17-20-18(25-21-17)13-6-8-16(9-7-13)22-10-1-2-11-22/h1-12,18H,(H,20,21)(H,23,24). The van der Waals surface area contributed by atoms with E-state index in [1.54, 1.807) is 24.3 Å². The number of hydrogen-bond acceptors (Lipinski definition) is 4. The molecule has 25 heavy (non-hydrogen) atoms. The van der Waals surface area contributed by atoms with Gasteiger partial charge in [-0.25, -0.2) is 4.79 Å².